The molecule has 10 heteroatoms. The molecular weight excluding hydrogens is 566 g/mol. The number of aliphatic hydroxyl groups is 4. The number of nitrogens with one attached hydrogen (secondary N) is 1. The van der Waals surface area contributed by atoms with Gasteiger partial charge in [-0.15, -0.1) is 0 Å². The van der Waals surface area contributed by atoms with E-state index in [-0.39, 0.29) is 65.9 Å². The predicted octanol–water partition coefficient (Wildman–Crippen LogP) is 3.01. The summed E-state index contributed by atoms with van der Waals surface area (Å²) in [5.41, 5.74) is 1.97. The van der Waals surface area contributed by atoms with E-state index >= 15 is 0 Å². The van der Waals surface area contributed by atoms with Crippen molar-refractivity contribution in [3.8, 4) is 11.5 Å². The molecule has 6 N–H and O–H groups in total. The SMILES string of the molecule is COc1c(O)c2c(=O)cc(CO)c3c4c(CO)cc(NCCO)c5c(=O)c(CCCO)c6c(c(c1C(C(C)=O)C(C)=C6)c23)c54. The van der Waals surface area contributed by atoms with Crippen molar-refractivity contribution in [3.63, 3.8) is 0 Å². The molecule has 0 bridgehead atoms. The second kappa shape index (κ2) is 11.0. The summed E-state index contributed by atoms with van der Waals surface area (Å²) in [6.07, 6.45) is 2.28. The molecule has 0 aromatic heterocycles. The Balaban J connectivity index is 2.12. The van der Waals surface area contributed by atoms with Gasteiger partial charge in [-0.05, 0) is 77.1 Å². The highest BCUT2D eigenvalue weighted by Crippen LogP contribution is 2.55. The fourth-order valence-corrected chi connectivity index (χ4v) is 7.35. The number of benzene rings is 5. The number of allylic oxidation sites excluding steroid dienone is 1. The van der Waals surface area contributed by atoms with Crippen LogP contribution in [0, 0.1) is 0 Å². The molecule has 0 saturated carbocycles. The Labute approximate surface area is 251 Å². The Morgan fingerprint density at radius 2 is 1.55 bits per heavy atom. The highest BCUT2D eigenvalue weighted by Gasteiger charge is 2.36. The van der Waals surface area contributed by atoms with Gasteiger partial charge in [0, 0.05) is 40.7 Å². The number of Topliss-reactive ketones (excluding diaryl/α,β-unsaturated/α-hetero) is 1. The molecule has 0 heterocycles. The molecule has 1 aliphatic carbocycles. The Bertz CT molecular complexity index is 2150. The molecule has 1 atom stereocenters. The van der Waals surface area contributed by atoms with E-state index in [2.05, 4.69) is 5.32 Å². The summed E-state index contributed by atoms with van der Waals surface area (Å²) in [7, 11) is 1.35. The third-order valence-electron chi connectivity index (χ3n) is 8.92. The number of carbonyl (C=O) groups excluding carboxylic acids is 1. The fraction of sp³-hybridized carbons (Fsp3) is 0.324. The first-order valence-electron chi connectivity index (χ1n) is 14.5. The average molecular weight is 600 g/mol. The lowest BCUT2D eigenvalue weighted by atomic mass is 9.78. The Morgan fingerprint density at radius 3 is 2.14 bits per heavy atom. The van der Waals surface area contributed by atoms with Crippen molar-refractivity contribution in [2.24, 2.45) is 0 Å². The van der Waals surface area contributed by atoms with Crippen LogP contribution in [0.2, 0.25) is 0 Å². The number of phenolic OH excluding ortho intramolecular Hbond substituents is 1. The smallest absolute Gasteiger partial charge is 0.192 e. The van der Waals surface area contributed by atoms with Crippen LogP contribution in [0.4, 0.5) is 5.69 Å². The summed E-state index contributed by atoms with van der Waals surface area (Å²) in [5, 5.41) is 58.1. The lowest BCUT2D eigenvalue weighted by Crippen LogP contribution is -2.17. The standard InChI is InChI=1S/C34H33NO9/c1-14-9-19-18(5-4-7-36)32(42)26-20(35-6-8-37)10-16(12-38)23-24-17(13-39)11-21(41)27-29(24)30(25(19)28(23)26)31(22(14)15(2)40)34(44-3)33(27)43/h9-11,22,35-39,43H,4-8,12-13H2,1-3H3. The second-order valence-corrected chi connectivity index (χ2v) is 11.4. The third kappa shape index (κ3) is 3.92. The highest BCUT2D eigenvalue weighted by atomic mass is 16.5. The van der Waals surface area contributed by atoms with Crippen molar-refractivity contribution >= 4 is 60.6 Å². The molecule has 0 amide bonds. The molecule has 10 nitrogen and oxygen atoms in total. The second-order valence-electron chi connectivity index (χ2n) is 11.4. The van der Waals surface area contributed by atoms with Crippen molar-refractivity contribution in [1.29, 1.82) is 0 Å². The molecule has 6 rings (SSSR count). The number of rotatable bonds is 10. The molecule has 44 heavy (non-hydrogen) atoms. The minimum absolute atomic E-state index is 0.0373. The van der Waals surface area contributed by atoms with E-state index in [9.17, 15) is 39.9 Å². The first-order valence-corrected chi connectivity index (χ1v) is 14.5. The minimum Gasteiger partial charge on any atom is -0.504 e. The first-order chi connectivity index (χ1) is 21.2. The fourth-order valence-electron chi connectivity index (χ4n) is 7.35. The molecule has 228 valence electrons. The number of phenols is 1. The number of ketones is 1. The summed E-state index contributed by atoms with van der Waals surface area (Å²) in [5.74, 6) is -1.64. The van der Waals surface area contributed by atoms with Gasteiger partial charge in [0.2, 0.25) is 0 Å². The summed E-state index contributed by atoms with van der Waals surface area (Å²) >= 11 is 0. The maximum absolute atomic E-state index is 14.5. The number of hydrogen-bond donors (Lipinski definition) is 6. The zero-order valence-electron chi connectivity index (χ0n) is 24.6. The molecule has 0 aliphatic heterocycles. The number of fused-ring (bicyclic) bond motifs is 1. The average Bonchev–Trinajstić information content (AvgIpc) is 3.13. The van der Waals surface area contributed by atoms with Gasteiger partial charge in [-0.3, -0.25) is 14.4 Å². The minimum atomic E-state index is -0.909. The highest BCUT2D eigenvalue weighted by molar-refractivity contribution is 6.39. The maximum Gasteiger partial charge on any atom is 0.192 e. The quantitative estimate of drug-likeness (QED) is 0.103. The van der Waals surface area contributed by atoms with Crippen LogP contribution < -0.4 is 20.9 Å². The van der Waals surface area contributed by atoms with Gasteiger partial charge in [-0.2, -0.15) is 0 Å². The van der Waals surface area contributed by atoms with Crippen LogP contribution in [0.5, 0.6) is 11.5 Å². The van der Waals surface area contributed by atoms with Crippen molar-refractivity contribution in [3.05, 3.63) is 66.0 Å². The van der Waals surface area contributed by atoms with Crippen LogP contribution >= 0.6 is 0 Å². The number of anilines is 1. The van der Waals surface area contributed by atoms with Gasteiger partial charge in [0.15, 0.2) is 22.4 Å². The first kappa shape index (κ1) is 29.7. The molecule has 0 fully saturated rings. The van der Waals surface area contributed by atoms with Crippen LogP contribution in [-0.2, 0) is 24.4 Å². The zero-order valence-corrected chi connectivity index (χ0v) is 24.6. The van der Waals surface area contributed by atoms with Crippen molar-refractivity contribution < 1.29 is 35.1 Å². The largest absolute Gasteiger partial charge is 0.504 e. The molecule has 5 aromatic rings. The van der Waals surface area contributed by atoms with E-state index in [0.717, 1.165) is 0 Å². The number of methoxy groups -OCH3 is 1. The summed E-state index contributed by atoms with van der Waals surface area (Å²) in [6, 6.07) is 2.86. The summed E-state index contributed by atoms with van der Waals surface area (Å²) in [4.78, 5) is 41.6. The number of hydrogen-bond acceptors (Lipinski definition) is 10. The van der Waals surface area contributed by atoms with Crippen LogP contribution in [-0.4, -0.2) is 58.2 Å². The van der Waals surface area contributed by atoms with E-state index in [4.69, 9.17) is 4.74 Å². The van der Waals surface area contributed by atoms with Crippen LogP contribution in [0.15, 0.2) is 27.3 Å². The molecule has 1 unspecified atom stereocenters. The number of aliphatic hydroxyl groups excluding tert-OH is 4. The topological polar surface area (TPSA) is 174 Å². The molecule has 1 aliphatic rings. The number of carbonyl (C=O) groups is 1. The molecule has 0 radical (unpaired) electrons. The van der Waals surface area contributed by atoms with Crippen LogP contribution in [0.3, 0.4) is 0 Å². The van der Waals surface area contributed by atoms with E-state index < -0.39 is 30.3 Å². The molecule has 5 aromatic carbocycles. The predicted molar refractivity (Wildman–Crippen MR) is 169 cm³/mol. The third-order valence-corrected chi connectivity index (χ3v) is 8.92. The van der Waals surface area contributed by atoms with E-state index in [1.54, 1.807) is 19.1 Å². The van der Waals surface area contributed by atoms with Gasteiger partial charge in [0.1, 0.15) is 5.78 Å². The molecular formula is C34H33NO9. The Kier molecular flexibility index (Phi) is 7.41. The molecule has 0 spiro atoms. The molecule has 0 saturated heterocycles. The zero-order chi connectivity index (χ0) is 31.6. The summed E-state index contributed by atoms with van der Waals surface area (Å²) < 4.78 is 5.74. The van der Waals surface area contributed by atoms with Gasteiger partial charge in [-0.25, -0.2) is 0 Å². The van der Waals surface area contributed by atoms with E-state index in [1.807, 2.05) is 0 Å². The van der Waals surface area contributed by atoms with Gasteiger partial charge in [-0.1, -0.05) is 11.6 Å². The van der Waals surface area contributed by atoms with Crippen molar-refractivity contribution in [1.82, 2.24) is 0 Å². The summed E-state index contributed by atoms with van der Waals surface area (Å²) in [6.45, 7) is 1.90. The van der Waals surface area contributed by atoms with E-state index in [0.29, 0.717) is 65.8 Å². The lowest BCUT2D eigenvalue weighted by molar-refractivity contribution is -0.117. The van der Waals surface area contributed by atoms with Crippen LogP contribution in [0.1, 0.15) is 54.0 Å². The van der Waals surface area contributed by atoms with Gasteiger partial charge in [0.25, 0.3) is 0 Å². The van der Waals surface area contributed by atoms with Gasteiger partial charge in [0.05, 0.1) is 43.6 Å². The van der Waals surface area contributed by atoms with Crippen molar-refractivity contribution in [2.45, 2.75) is 45.8 Å². The van der Waals surface area contributed by atoms with Gasteiger partial charge >= 0.3 is 0 Å². The number of aromatic hydroxyl groups is 1. The number of ether oxygens (including phenoxy) is 1. The Morgan fingerprint density at radius 1 is 0.886 bits per heavy atom. The Hall–Kier alpha value is -4.35. The van der Waals surface area contributed by atoms with Crippen molar-refractivity contribution in [2.75, 3.05) is 32.2 Å². The van der Waals surface area contributed by atoms with Crippen LogP contribution in [0.25, 0.3) is 49.2 Å². The van der Waals surface area contributed by atoms with Gasteiger partial charge < -0.3 is 35.6 Å². The monoisotopic (exact) mass is 599 g/mol. The van der Waals surface area contributed by atoms with E-state index in [1.165, 1.54) is 20.1 Å². The normalized spacial score (nSPS) is 14.7. The lowest BCUT2D eigenvalue weighted by Gasteiger charge is -2.26. The maximum atomic E-state index is 14.5.